The van der Waals surface area contributed by atoms with E-state index in [4.69, 9.17) is 0 Å². The van der Waals surface area contributed by atoms with Crippen molar-refractivity contribution in [2.45, 2.75) is 76.4 Å². The molecule has 0 radical (unpaired) electrons. The molecule has 1 aliphatic carbocycles. The molecule has 34 heavy (non-hydrogen) atoms. The molecule has 1 unspecified atom stereocenters. The number of nitrogens with one attached hydrogen (secondary N) is 2. The Morgan fingerprint density at radius 2 is 1.79 bits per heavy atom. The number of hydrogen-bond donors (Lipinski definition) is 2. The highest BCUT2D eigenvalue weighted by Gasteiger charge is 2.19. The molecule has 0 saturated heterocycles. The van der Waals surface area contributed by atoms with Crippen molar-refractivity contribution in [1.29, 1.82) is 0 Å². The maximum absolute atomic E-state index is 13.2. The number of rotatable bonds is 9. The Morgan fingerprint density at radius 3 is 2.56 bits per heavy atom. The van der Waals surface area contributed by atoms with Gasteiger partial charge in [0, 0.05) is 25.2 Å². The van der Waals surface area contributed by atoms with Crippen molar-refractivity contribution in [2.75, 3.05) is 4.72 Å². The molecule has 4 rings (SSSR count). The summed E-state index contributed by atoms with van der Waals surface area (Å²) in [6, 6.07) is 15.9. The zero-order chi connectivity index (χ0) is 24.1. The highest BCUT2D eigenvalue weighted by atomic mass is 32.2. The van der Waals surface area contributed by atoms with Crippen molar-refractivity contribution < 1.29 is 8.42 Å². The highest BCUT2D eigenvalue weighted by molar-refractivity contribution is 7.92. The Balaban J connectivity index is 1.49. The molecule has 0 aliphatic heterocycles. The van der Waals surface area contributed by atoms with Crippen molar-refractivity contribution in [1.82, 2.24) is 9.88 Å². The Kier molecular flexibility index (Phi) is 7.73. The fourth-order valence-corrected chi connectivity index (χ4v) is 6.18. The van der Waals surface area contributed by atoms with Gasteiger partial charge in [0.2, 0.25) is 0 Å². The molecule has 0 bridgehead atoms. The van der Waals surface area contributed by atoms with Crippen LogP contribution in [-0.2, 0) is 23.1 Å². The van der Waals surface area contributed by atoms with Gasteiger partial charge in [-0.2, -0.15) is 0 Å². The van der Waals surface area contributed by atoms with Gasteiger partial charge in [-0.3, -0.25) is 9.52 Å². The van der Waals surface area contributed by atoms with Gasteiger partial charge in [0.15, 0.2) is 0 Å². The number of pyridine rings is 1. The van der Waals surface area contributed by atoms with Gasteiger partial charge in [0.1, 0.15) is 0 Å². The van der Waals surface area contributed by atoms with E-state index in [0.29, 0.717) is 24.8 Å². The van der Waals surface area contributed by atoms with Gasteiger partial charge < -0.3 is 9.88 Å². The van der Waals surface area contributed by atoms with E-state index in [1.807, 2.05) is 25.1 Å². The maximum Gasteiger partial charge on any atom is 0.261 e. The molecule has 0 spiro atoms. The maximum atomic E-state index is 13.2. The zero-order valence-electron chi connectivity index (χ0n) is 20.1. The van der Waals surface area contributed by atoms with Crippen LogP contribution in [0, 0.1) is 5.92 Å². The first-order valence-corrected chi connectivity index (χ1v) is 13.8. The number of sulfonamides is 1. The van der Waals surface area contributed by atoms with Crippen molar-refractivity contribution in [2.24, 2.45) is 5.92 Å². The van der Waals surface area contributed by atoms with Gasteiger partial charge in [-0.25, -0.2) is 8.42 Å². The lowest BCUT2D eigenvalue weighted by atomic mass is 9.85. The Labute approximate surface area is 202 Å². The summed E-state index contributed by atoms with van der Waals surface area (Å²) in [7, 11) is -3.78. The molecule has 1 saturated carbocycles. The van der Waals surface area contributed by atoms with Gasteiger partial charge in [0.05, 0.1) is 16.1 Å². The van der Waals surface area contributed by atoms with Gasteiger partial charge in [-0.15, -0.1) is 0 Å². The molecule has 182 valence electrons. The molecule has 2 N–H and O–H groups in total. The van der Waals surface area contributed by atoms with Crippen molar-refractivity contribution in [3.8, 4) is 0 Å². The van der Waals surface area contributed by atoms with Crippen LogP contribution < -0.4 is 15.6 Å². The minimum atomic E-state index is -3.78. The average Bonchev–Trinajstić information content (AvgIpc) is 2.83. The zero-order valence-corrected chi connectivity index (χ0v) is 20.9. The summed E-state index contributed by atoms with van der Waals surface area (Å²) < 4.78 is 30.8. The number of fused-ring (bicyclic) bond motifs is 1. The van der Waals surface area contributed by atoms with Crippen LogP contribution >= 0.6 is 0 Å². The summed E-state index contributed by atoms with van der Waals surface area (Å²) in [5.41, 5.74) is 2.13. The average molecular weight is 482 g/mol. The predicted octanol–water partition coefficient (Wildman–Crippen LogP) is 5.27. The van der Waals surface area contributed by atoms with Crippen molar-refractivity contribution in [3.05, 3.63) is 70.5 Å². The molecule has 3 aromatic rings. The standard InChI is InChI=1S/C27H35N3O3S/c1-3-30-26-15-14-24(18-22(26)13-16-27(30)31)34(32,33)29-25-12-8-7-11-23(25)19-28-20(2)17-21-9-5-4-6-10-21/h7-8,11-16,18,20-21,28-29H,3-6,9-10,17,19H2,1-2H3. The summed E-state index contributed by atoms with van der Waals surface area (Å²) in [5.74, 6) is 0.794. The number of nitrogens with zero attached hydrogens (tertiary/aromatic N) is 1. The third kappa shape index (κ3) is 5.70. The largest absolute Gasteiger partial charge is 0.310 e. The first-order chi connectivity index (χ1) is 16.4. The molecular weight excluding hydrogens is 446 g/mol. The molecule has 1 heterocycles. The minimum Gasteiger partial charge on any atom is -0.310 e. The van der Waals surface area contributed by atoms with Gasteiger partial charge >= 0.3 is 0 Å². The van der Waals surface area contributed by atoms with Crippen LogP contribution in [0.5, 0.6) is 0 Å². The lowest BCUT2D eigenvalue weighted by Crippen LogP contribution is -2.29. The van der Waals surface area contributed by atoms with Crippen molar-refractivity contribution >= 4 is 26.6 Å². The quantitative estimate of drug-likeness (QED) is 0.436. The number of aromatic nitrogens is 1. The lowest BCUT2D eigenvalue weighted by molar-refractivity contribution is 0.305. The number of benzene rings is 2. The smallest absolute Gasteiger partial charge is 0.261 e. The van der Waals surface area contributed by atoms with E-state index < -0.39 is 10.0 Å². The van der Waals surface area contributed by atoms with Crippen molar-refractivity contribution in [3.63, 3.8) is 0 Å². The monoisotopic (exact) mass is 481 g/mol. The fraction of sp³-hybridized carbons (Fsp3) is 0.444. The van der Waals surface area contributed by atoms with Gasteiger partial charge in [-0.1, -0.05) is 50.3 Å². The van der Waals surface area contributed by atoms with E-state index in [-0.39, 0.29) is 10.5 Å². The third-order valence-electron chi connectivity index (χ3n) is 6.90. The van der Waals surface area contributed by atoms with Crippen LogP contribution in [0.2, 0.25) is 0 Å². The van der Waals surface area contributed by atoms with Crippen LogP contribution in [0.15, 0.2) is 64.3 Å². The van der Waals surface area contributed by atoms with E-state index in [2.05, 4.69) is 17.0 Å². The topological polar surface area (TPSA) is 80.2 Å². The van der Waals surface area contributed by atoms with E-state index in [1.165, 1.54) is 38.2 Å². The summed E-state index contributed by atoms with van der Waals surface area (Å²) in [6.45, 7) is 5.24. The molecule has 7 heteroatoms. The first-order valence-electron chi connectivity index (χ1n) is 12.3. The van der Waals surface area contributed by atoms with Gasteiger partial charge in [0.25, 0.3) is 15.6 Å². The SMILES string of the molecule is CCn1c(=O)ccc2cc(S(=O)(=O)Nc3ccccc3CNC(C)CC3CCCCC3)ccc21. The molecule has 1 atom stereocenters. The molecule has 0 amide bonds. The summed E-state index contributed by atoms with van der Waals surface area (Å²) in [6.07, 6.45) is 7.85. The second-order valence-electron chi connectivity index (χ2n) is 9.42. The Morgan fingerprint density at radius 1 is 1.03 bits per heavy atom. The Hall–Kier alpha value is -2.64. The summed E-state index contributed by atoms with van der Waals surface area (Å²) in [4.78, 5) is 12.2. The van der Waals surface area contributed by atoms with E-state index in [0.717, 1.165) is 28.8 Å². The number of anilines is 1. The van der Waals surface area contributed by atoms with Crippen LogP contribution in [0.3, 0.4) is 0 Å². The summed E-state index contributed by atoms with van der Waals surface area (Å²) >= 11 is 0. The molecule has 1 aliphatic rings. The second-order valence-corrected chi connectivity index (χ2v) is 11.1. The third-order valence-corrected chi connectivity index (χ3v) is 8.27. The van der Waals surface area contributed by atoms with Crippen LogP contribution in [0.25, 0.3) is 10.9 Å². The minimum absolute atomic E-state index is 0.0946. The number of aryl methyl sites for hydroxylation is 1. The van der Waals surface area contributed by atoms with E-state index in [9.17, 15) is 13.2 Å². The van der Waals surface area contributed by atoms with Gasteiger partial charge in [-0.05, 0) is 67.5 Å². The Bertz CT molecular complexity index is 1290. The fourth-order valence-electron chi connectivity index (χ4n) is 5.04. The molecular formula is C27H35N3O3S. The first kappa shape index (κ1) is 24.5. The van der Waals surface area contributed by atoms with Crippen LogP contribution in [0.4, 0.5) is 5.69 Å². The summed E-state index contributed by atoms with van der Waals surface area (Å²) in [5, 5.41) is 4.31. The highest BCUT2D eigenvalue weighted by Crippen LogP contribution is 2.28. The molecule has 2 aromatic carbocycles. The normalized spacial score (nSPS) is 15.9. The lowest BCUT2D eigenvalue weighted by Gasteiger charge is -2.25. The molecule has 1 aromatic heterocycles. The second kappa shape index (κ2) is 10.7. The van der Waals surface area contributed by atoms with E-state index in [1.54, 1.807) is 34.9 Å². The van der Waals surface area contributed by atoms with E-state index >= 15 is 0 Å². The molecule has 6 nitrogen and oxygen atoms in total. The predicted molar refractivity (Wildman–Crippen MR) is 139 cm³/mol. The van der Waals surface area contributed by atoms with Crippen LogP contribution in [-0.4, -0.2) is 19.0 Å². The number of hydrogen-bond acceptors (Lipinski definition) is 4. The van der Waals surface area contributed by atoms with Crippen LogP contribution in [0.1, 0.15) is 57.9 Å². The number of para-hydroxylation sites is 1. The molecule has 1 fully saturated rings.